The summed E-state index contributed by atoms with van der Waals surface area (Å²) < 4.78 is 0. The van der Waals surface area contributed by atoms with Crippen molar-refractivity contribution < 1.29 is 4.79 Å². The van der Waals surface area contributed by atoms with Gasteiger partial charge in [-0.05, 0) is 25.5 Å². The summed E-state index contributed by atoms with van der Waals surface area (Å²) in [4.78, 5) is 14.8. The van der Waals surface area contributed by atoms with Crippen LogP contribution in [0.2, 0.25) is 0 Å². The van der Waals surface area contributed by atoms with Crippen molar-refractivity contribution in [2.45, 2.75) is 13.8 Å². The predicted octanol–water partition coefficient (Wildman–Crippen LogP) is 2.21. The predicted molar refractivity (Wildman–Crippen MR) is 55.6 cm³/mol. The van der Waals surface area contributed by atoms with Crippen LogP contribution in [0.4, 0.5) is 5.69 Å². The molecule has 1 N–H and O–H groups in total. The summed E-state index contributed by atoms with van der Waals surface area (Å²) in [5, 5.41) is 2.56. The van der Waals surface area contributed by atoms with Gasteiger partial charge in [0, 0.05) is 12.6 Å². The minimum absolute atomic E-state index is 0.142. The number of carbonyl (C=O) groups is 1. The van der Waals surface area contributed by atoms with Crippen LogP contribution >= 0.6 is 0 Å². The van der Waals surface area contributed by atoms with Crippen molar-refractivity contribution in [1.29, 1.82) is 0 Å². The van der Waals surface area contributed by atoms with E-state index in [4.69, 9.17) is 6.57 Å². The Bertz CT molecular complexity index is 416. The van der Waals surface area contributed by atoms with E-state index in [-0.39, 0.29) is 5.91 Å². The van der Waals surface area contributed by atoms with E-state index in [0.717, 1.165) is 11.1 Å². The van der Waals surface area contributed by atoms with Gasteiger partial charge in [0.1, 0.15) is 0 Å². The van der Waals surface area contributed by atoms with E-state index in [9.17, 15) is 4.79 Å². The van der Waals surface area contributed by atoms with Crippen molar-refractivity contribution in [2.24, 2.45) is 0 Å². The molecule has 0 aliphatic rings. The maximum atomic E-state index is 11.4. The largest absolute Gasteiger partial charge is 0.355 e. The third-order valence-electron chi connectivity index (χ3n) is 2.25. The molecule has 1 rings (SSSR count). The summed E-state index contributed by atoms with van der Waals surface area (Å²) in [6, 6.07) is 3.41. The molecule has 0 heterocycles. The third-order valence-corrected chi connectivity index (χ3v) is 2.25. The minimum atomic E-state index is -0.142. The maximum Gasteiger partial charge on any atom is 0.250 e. The van der Waals surface area contributed by atoms with Crippen molar-refractivity contribution in [3.8, 4) is 0 Å². The van der Waals surface area contributed by atoms with Crippen LogP contribution in [0.3, 0.4) is 0 Å². The topological polar surface area (TPSA) is 33.5 Å². The molecule has 0 aliphatic carbocycles. The minimum Gasteiger partial charge on any atom is -0.355 e. The number of hydrogen-bond donors (Lipinski definition) is 1. The van der Waals surface area contributed by atoms with Gasteiger partial charge in [0.15, 0.2) is 5.69 Å². The molecule has 72 valence electrons. The highest BCUT2D eigenvalue weighted by molar-refractivity contribution is 5.96. The molecule has 0 saturated carbocycles. The van der Waals surface area contributed by atoms with Crippen LogP contribution in [0.25, 0.3) is 4.85 Å². The monoisotopic (exact) mass is 188 g/mol. The zero-order valence-corrected chi connectivity index (χ0v) is 8.51. The second-order valence-electron chi connectivity index (χ2n) is 3.13. The number of amides is 1. The van der Waals surface area contributed by atoms with Crippen molar-refractivity contribution in [1.82, 2.24) is 5.32 Å². The second-order valence-corrected chi connectivity index (χ2v) is 3.13. The van der Waals surface area contributed by atoms with Crippen LogP contribution < -0.4 is 5.32 Å². The van der Waals surface area contributed by atoms with E-state index in [0.29, 0.717) is 11.3 Å². The Morgan fingerprint density at radius 2 is 2.07 bits per heavy atom. The summed E-state index contributed by atoms with van der Waals surface area (Å²) in [6.07, 6.45) is 0. The number of benzene rings is 1. The standard InChI is InChI=1S/C11H12N2O/c1-7-5-9(12-3)6-10(8(7)2)11(14)13-4/h5-6H,1-2,4H3,(H,13,14). The Morgan fingerprint density at radius 1 is 1.43 bits per heavy atom. The molecule has 0 radical (unpaired) electrons. The quantitative estimate of drug-likeness (QED) is 0.673. The Morgan fingerprint density at radius 3 is 2.57 bits per heavy atom. The number of aryl methyl sites for hydroxylation is 1. The van der Waals surface area contributed by atoms with Crippen molar-refractivity contribution in [2.75, 3.05) is 7.05 Å². The van der Waals surface area contributed by atoms with Gasteiger partial charge in [-0.3, -0.25) is 4.79 Å². The molecule has 1 aromatic carbocycles. The van der Waals surface area contributed by atoms with Crippen LogP contribution in [0, 0.1) is 20.4 Å². The highest BCUT2D eigenvalue weighted by Gasteiger charge is 2.10. The average Bonchev–Trinajstić information content (AvgIpc) is 2.20. The molecule has 0 fully saturated rings. The van der Waals surface area contributed by atoms with Gasteiger partial charge < -0.3 is 5.32 Å². The summed E-state index contributed by atoms with van der Waals surface area (Å²) >= 11 is 0. The Hall–Kier alpha value is -1.82. The van der Waals surface area contributed by atoms with E-state index in [1.165, 1.54) is 0 Å². The second kappa shape index (κ2) is 3.93. The van der Waals surface area contributed by atoms with Gasteiger partial charge in [-0.15, -0.1) is 0 Å². The molecule has 0 bridgehead atoms. The van der Waals surface area contributed by atoms with Gasteiger partial charge in [0.05, 0.1) is 6.57 Å². The van der Waals surface area contributed by atoms with E-state index in [1.54, 1.807) is 19.2 Å². The molecule has 0 unspecified atom stereocenters. The number of nitrogens with zero attached hydrogens (tertiary/aromatic N) is 1. The van der Waals surface area contributed by atoms with Gasteiger partial charge >= 0.3 is 0 Å². The fraction of sp³-hybridized carbons (Fsp3) is 0.273. The highest BCUT2D eigenvalue weighted by atomic mass is 16.1. The number of hydrogen-bond acceptors (Lipinski definition) is 1. The molecular formula is C11H12N2O. The molecule has 14 heavy (non-hydrogen) atoms. The molecule has 1 aromatic rings. The molecule has 3 heteroatoms. The van der Waals surface area contributed by atoms with Gasteiger partial charge in [-0.2, -0.15) is 0 Å². The SMILES string of the molecule is [C-]#[N+]c1cc(C)c(C)c(C(=O)NC)c1. The third kappa shape index (κ3) is 1.74. The molecule has 0 spiro atoms. The molecular weight excluding hydrogens is 176 g/mol. The molecule has 0 aromatic heterocycles. The Kier molecular flexibility index (Phi) is 2.88. The van der Waals surface area contributed by atoms with Crippen LogP contribution in [-0.4, -0.2) is 13.0 Å². The van der Waals surface area contributed by atoms with Crippen molar-refractivity contribution >= 4 is 11.6 Å². The summed E-state index contributed by atoms with van der Waals surface area (Å²) in [5.74, 6) is -0.142. The number of rotatable bonds is 1. The summed E-state index contributed by atoms with van der Waals surface area (Å²) in [5.41, 5.74) is 2.99. The lowest BCUT2D eigenvalue weighted by Crippen LogP contribution is -2.19. The van der Waals surface area contributed by atoms with Gasteiger partial charge in [-0.1, -0.05) is 11.6 Å². The molecule has 0 atom stereocenters. The zero-order chi connectivity index (χ0) is 10.7. The zero-order valence-electron chi connectivity index (χ0n) is 8.51. The van der Waals surface area contributed by atoms with Crippen LogP contribution in [-0.2, 0) is 0 Å². The number of carbonyl (C=O) groups excluding carboxylic acids is 1. The molecule has 0 saturated heterocycles. The van der Waals surface area contributed by atoms with Crippen LogP contribution in [0.15, 0.2) is 12.1 Å². The van der Waals surface area contributed by atoms with E-state index < -0.39 is 0 Å². The lowest BCUT2D eigenvalue weighted by Gasteiger charge is -2.07. The lowest BCUT2D eigenvalue weighted by molar-refractivity contribution is 0.0962. The molecule has 3 nitrogen and oxygen atoms in total. The van der Waals surface area contributed by atoms with E-state index in [1.807, 2.05) is 13.8 Å². The first-order chi connectivity index (χ1) is 6.60. The fourth-order valence-corrected chi connectivity index (χ4v) is 1.28. The van der Waals surface area contributed by atoms with Gasteiger partial charge in [0.2, 0.25) is 5.91 Å². The first-order valence-corrected chi connectivity index (χ1v) is 4.31. The van der Waals surface area contributed by atoms with Gasteiger partial charge in [-0.25, -0.2) is 4.85 Å². The van der Waals surface area contributed by atoms with Crippen molar-refractivity contribution in [3.63, 3.8) is 0 Å². The maximum absolute atomic E-state index is 11.4. The summed E-state index contributed by atoms with van der Waals surface area (Å²) in [7, 11) is 1.58. The molecule has 0 aliphatic heterocycles. The lowest BCUT2D eigenvalue weighted by atomic mass is 10.0. The van der Waals surface area contributed by atoms with E-state index in [2.05, 4.69) is 10.2 Å². The molecule has 1 amide bonds. The number of nitrogens with one attached hydrogen (secondary N) is 1. The Balaban J connectivity index is 3.36. The first kappa shape index (κ1) is 10.3. The Labute approximate surface area is 83.6 Å². The average molecular weight is 188 g/mol. The smallest absolute Gasteiger partial charge is 0.250 e. The highest BCUT2D eigenvalue weighted by Crippen LogP contribution is 2.21. The van der Waals surface area contributed by atoms with E-state index >= 15 is 0 Å². The van der Waals surface area contributed by atoms with Crippen molar-refractivity contribution in [3.05, 3.63) is 40.2 Å². The van der Waals surface area contributed by atoms with Gasteiger partial charge in [0.25, 0.3) is 0 Å². The normalized spacial score (nSPS) is 9.29. The van der Waals surface area contributed by atoms with Crippen LogP contribution in [0.1, 0.15) is 21.5 Å². The first-order valence-electron chi connectivity index (χ1n) is 4.31. The van der Waals surface area contributed by atoms with Crippen LogP contribution in [0.5, 0.6) is 0 Å². The fourth-order valence-electron chi connectivity index (χ4n) is 1.28. The summed E-state index contributed by atoms with van der Waals surface area (Å²) in [6.45, 7) is 10.7.